The van der Waals surface area contributed by atoms with Gasteiger partial charge in [-0.15, -0.1) is 0 Å². The minimum absolute atomic E-state index is 0.150. The monoisotopic (exact) mass is 147 g/mol. The maximum atomic E-state index is 10.2. The third kappa shape index (κ3) is 5.98. The van der Waals surface area contributed by atoms with Gasteiger partial charge in [-0.1, -0.05) is 24.8 Å². The predicted octanol–water partition coefficient (Wildman–Crippen LogP) is 1.88. The van der Waals surface area contributed by atoms with Gasteiger partial charge in [0.15, 0.2) is 0 Å². The van der Waals surface area contributed by atoms with Crippen LogP contribution in [0.1, 0.15) is 19.8 Å². The van der Waals surface area contributed by atoms with E-state index in [-0.39, 0.29) is 5.78 Å². The van der Waals surface area contributed by atoms with E-state index in [0.717, 1.165) is 0 Å². The summed E-state index contributed by atoms with van der Waals surface area (Å²) < 4.78 is 0.500. The second-order valence-electron chi connectivity index (χ2n) is 1.57. The molecule has 0 spiro atoms. The first-order valence-electron chi connectivity index (χ1n) is 2.32. The quantitative estimate of drug-likeness (QED) is 0.567. The van der Waals surface area contributed by atoms with E-state index in [2.05, 4.69) is 24.8 Å². The Morgan fingerprint density at radius 3 is 2.12 bits per heavy atom. The number of Topliss-reactive ketones (excluding diaryl/α,β-unsaturated/α-hetero) is 1. The van der Waals surface area contributed by atoms with E-state index >= 15 is 0 Å². The van der Waals surface area contributed by atoms with Crippen LogP contribution in [-0.2, 0) is 4.79 Å². The first-order valence-corrected chi connectivity index (χ1v) is 3.14. The first kappa shape index (κ1) is 7.98. The van der Waals surface area contributed by atoms with Crippen LogP contribution in [0.3, 0.4) is 0 Å². The molecule has 8 heavy (non-hydrogen) atoms. The second-order valence-corrected chi connectivity index (χ2v) is 2.82. The molecule has 3 heteroatoms. The van der Waals surface area contributed by atoms with Crippen molar-refractivity contribution in [1.82, 2.24) is 0 Å². The molecule has 1 radical (unpaired) electrons. The standard InChI is InChI=1S/C5H7OS2/c1-4(6)2-3-5(7)8/h2-3H2,1H3. The van der Waals surface area contributed by atoms with Crippen molar-refractivity contribution in [3.63, 3.8) is 0 Å². The van der Waals surface area contributed by atoms with Crippen molar-refractivity contribution < 1.29 is 4.79 Å². The second kappa shape index (κ2) is 3.92. The van der Waals surface area contributed by atoms with Crippen molar-refractivity contribution in [2.45, 2.75) is 19.8 Å². The van der Waals surface area contributed by atoms with Crippen LogP contribution >= 0.6 is 24.8 Å². The van der Waals surface area contributed by atoms with Crippen molar-refractivity contribution in [2.75, 3.05) is 0 Å². The molecule has 0 saturated heterocycles. The topological polar surface area (TPSA) is 17.1 Å². The fourth-order valence-corrected chi connectivity index (χ4v) is 0.482. The van der Waals surface area contributed by atoms with Crippen molar-refractivity contribution >= 4 is 34.8 Å². The molecule has 0 saturated carbocycles. The SMILES string of the molecule is CC(=O)CCC([S])=S. The molecule has 0 bridgehead atoms. The Morgan fingerprint density at radius 1 is 1.50 bits per heavy atom. The van der Waals surface area contributed by atoms with E-state index in [4.69, 9.17) is 0 Å². The molecule has 0 heterocycles. The molecule has 0 unspecified atom stereocenters. The third-order valence-electron chi connectivity index (χ3n) is 0.681. The molecule has 0 aromatic carbocycles. The average molecular weight is 147 g/mol. The average Bonchev–Trinajstić information content (AvgIpc) is 1.61. The summed E-state index contributed by atoms with van der Waals surface area (Å²) in [6.45, 7) is 1.54. The molecule has 0 aliphatic rings. The molecule has 0 N–H and O–H groups in total. The maximum Gasteiger partial charge on any atom is 0.130 e. The summed E-state index contributed by atoms with van der Waals surface area (Å²) in [7, 11) is 0. The van der Waals surface area contributed by atoms with Crippen LogP contribution in [0, 0.1) is 0 Å². The van der Waals surface area contributed by atoms with E-state index in [0.29, 0.717) is 17.0 Å². The molecule has 0 fully saturated rings. The summed E-state index contributed by atoms with van der Waals surface area (Å²) in [6.07, 6.45) is 1.09. The molecule has 0 aromatic heterocycles. The van der Waals surface area contributed by atoms with Crippen molar-refractivity contribution in [2.24, 2.45) is 0 Å². The van der Waals surface area contributed by atoms with Gasteiger partial charge in [-0.05, 0) is 13.3 Å². The highest BCUT2D eigenvalue weighted by molar-refractivity contribution is 8.11. The lowest BCUT2D eigenvalue weighted by atomic mass is 10.3. The summed E-state index contributed by atoms with van der Waals surface area (Å²) in [5.74, 6) is 0.150. The fraction of sp³-hybridized carbons (Fsp3) is 0.600. The summed E-state index contributed by atoms with van der Waals surface area (Å²) in [4.78, 5) is 10.2. The molecule has 0 aromatic rings. The molecule has 0 atom stereocenters. The minimum Gasteiger partial charge on any atom is -0.300 e. The smallest absolute Gasteiger partial charge is 0.130 e. The molecule has 45 valence electrons. The molecule has 0 amide bonds. The van der Waals surface area contributed by atoms with Crippen molar-refractivity contribution in [1.29, 1.82) is 0 Å². The van der Waals surface area contributed by atoms with Crippen LogP contribution < -0.4 is 0 Å². The largest absolute Gasteiger partial charge is 0.300 e. The lowest BCUT2D eigenvalue weighted by Crippen LogP contribution is -1.91. The molecule has 0 aliphatic heterocycles. The Bertz CT molecular complexity index is 95.0. The third-order valence-corrected chi connectivity index (χ3v) is 1.09. The molecule has 0 aliphatic carbocycles. The van der Waals surface area contributed by atoms with E-state index in [1.165, 1.54) is 6.92 Å². The lowest BCUT2D eigenvalue weighted by Gasteiger charge is -1.87. The number of carbonyl (C=O) groups is 1. The predicted molar refractivity (Wildman–Crippen MR) is 40.1 cm³/mol. The zero-order chi connectivity index (χ0) is 6.57. The number of ketones is 1. The summed E-state index contributed by atoms with van der Waals surface area (Å²) in [5.41, 5.74) is 0. The van der Waals surface area contributed by atoms with E-state index in [9.17, 15) is 4.79 Å². The zero-order valence-electron chi connectivity index (χ0n) is 4.64. The van der Waals surface area contributed by atoms with Gasteiger partial charge in [0.05, 0.1) is 4.20 Å². The van der Waals surface area contributed by atoms with Gasteiger partial charge in [0.2, 0.25) is 0 Å². The highest BCUT2D eigenvalue weighted by Gasteiger charge is 1.93. The van der Waals surface area contributed by atoms with Crippen LogP contribution in [-0.4, -0.2) is 9.98 Å². The Kier molecular flexibility index (Phi) is 3.91. The number of hydrogen-bond acceptors (Lipinski definition) is 2. The van der Waals surface area contributed by atoms with Crippen LogP contribution in [0.5, 0.6) is 0 Å². The maximum absolute atomic E-state index is 10.2. The number of carbonyl (C=O) groups excluding carboxylic acids is 1. The van der Waals surface area contributed by atoms with Gasteiger partial charge in [0.25, 0.3) is 0 Å². The minimum atomic E-state index is 0.150. The summed E-state index contributed by atoms with van der Waals surface area (Å²) in [6, 6.07) is 0. The van der Waals surface area contributed by atoms with E-state index in [1.54, 1.807) is 0 Å². The van der Waals surface area contributed by atoms with Gasteiger partial charge in [-0.25, -0.2) is 0 Å². The zero-order valence-corrected chi connectivity index (χ0v) is 6.27. The molecule has 1 nitrogen and oxygen atoms in total. The summed E-state index contributed by atoms with van der Waals surface area (Å²) >= 11 is 9.15. The number of rotatable bonds is 3. The normalized spacial score (nSPS) is 8.62. The Labute approximate surface area is 59.9 Å². The van der Waals surface area contributed by atoms with Crippen molar-refractivity contribution in [3.8, 4) is 0 Å². The van der Waals surface area contributed by atoms with Gasteiger partial charge >= 0.3 is 0 Å². The van der Waals surface area contributed by atoms with Crippen LogP contribution in [0.15, 0.2) is 0 Å². The first-order chi connectivity index (χ1) is 3.63. The van der Waals surface area contributed by atoms with Crippen LogP contribution in [0.25, 0.3) is 0 Å². The summed E-state index contributed by atoms with van der Waals surface area (Å²) in [5, 5.41) is 0. The molecular formula is C5H7OS2. The fourth-order valence-electron chi connectivity index (χ4n) is 0.278. The Hall–Kier alpha value is -0.0200. The van der Waals surface area contributed by atoms with Gasteiger partial charge in [0, 0.05) is 6.42 Å². The Balaban J connectivity index is 3.18. The Morgan fingerprint density at radius 2 is 2.00 bits per heavy atom. The van der Waals surface area contributed by atoms with Gasteiger partial charge in [-0.2, -0.15) is 0 Å². The highest BCUT2D eigenvalue weighted by atomic mass is 32.1. The number of thiocarbonyl (C=S) groups is 1. The van der Waals surface area contributed by atoms with Gasteiger partial charge in [0.1, 0.15) is 5.78 Å². The molecular weight excluding hydrogens is 140 g/mol. The van der Waals surface area contributed by atoms with Crippen LogP contribution in [0.2, 0.25) is 0 Å². The van der Waals surface area contributed by atoms with Gasteiger partial charge < -0.3 is 4.79 Å². The van der Waals surface area contributed by atoms with E-state index < -0.39 is 0 Å². The lowest BCUT2D eigenvalue weighted by molar-refractivity contribution is -0.116. The number of hydrogen-bond donors (Lipinski definition) is 0. The van der Waals surface area contributed by atoms with Crippen LogP contribution in [0.4, 0.5) is 0 Å². The van der Waals surface area contributed by atoms with E-state index in [1.807, 2.05) is 0 Å². The highest BCUT2D eigenvalue weighted by Crippen LogP contribution is 1.96. The molecule has 0 rings (SSSR count). The van der Waals surface area contributed by atoms with Gasteiger partial charge in [-0.3, -0.25) is 0 Å². The van der Waals surface area contributed by atoms with Crippen molar-refractivity contribution in [3.05, 3.63) is 0 Å².